The number of imide groups is 1. The zero-order valence-corrected chi connectivity index (χ0v) is 21.7. The number of nitrogens with one attached hydrogen (secondary N) is 4. The Morgan fingerprint density at radius 1 is 1.10 bits per heavy atom. The molecule has 6 rings (SSSR count). The molecule has 4 bridgehead atoms. The highest BCUT2D eigenvalue weighted by molar-refractivity contribution is 6.09. The number of urea groups is 1. The predicted octanol–water partition coefficient (Wildman–Crippen LogP) is 0.638. The fourth-order valence-corrected chi connectivity index (χ4v) is 7.21. The summed E-state index contributed by atoms with van der Waals surface area (Å²) in [7, 11) is 0. The van der Waals surface area contributed by atoms with Gasteiger partial charge in [-0.25, -0.2) is 4.79 Å². The Hall–Kier alpha value is -3.96. The Balaban J connectivity index is 1.23. The van der Waals surface area contributed by atoms with Crippen LogP contribution >= 0.6 is 0 Å². The number of hydrogen-bond acceptors (Lipinski definition) is 6. The van der Waals surface area contributed by atoms with E-state index in [0.717, 1.165) is 30.6 Å². The van der Waals surface area contributed by atoms with Crippen molar-refractivity contribution in [3.8, 4) is 0 Å². The molecule has 1 heterocycles. The normalized spacial score (nSPS) is 31.5. The first-order valence-electron chi connectivity index (χ1n) is 13.3. The first-order chi connectivity index (χ1) is 18.4. The van der Waals surface area contributed by atoms with Gasteiger partial charge in [-0.1, -0.05) is 24.3 Å². The Morgan fingerprint density at radius 3 is 2.23 bits per heavy atom. The van der Waals surface area contributed by atoms with Gasteiger partial charge in [0.25, 0.3) is 5.91 Å². The molecule has 12 heteroatoms. The second-order valence-electron chi connectivity index (χ2n) is 11.6. The highest BCUT2D eigenvalue weighted by Crippen LogP contribution is 2.53. The summed E-state index contributed by atoms with van der Waals surface area (Å²) in [6, 6.07) is 4.08. The van der Waals surface area contributed by atoms with Crippen LogP contribution in [-0.2, 0) is 24.7 Å². The standard InChI is InChI=1S/C27H34N6O6/c1-27(18-4-2-15(3-5-18)23(28)29)25(38)33(26(39)32-27)12-20(34)30-19(11-21(35)36)24(37)31-22-16-7-13-6-14(9-16)10-17(22)8-13/h2-5,13-14,16-17,19,22H,6-12H2,1H3,(H3,28,29)(H,30,34)(H,31,37)(H,32,39)(H,35,36)/t13?,14?,16?,17?,19-,22?,27?/m0/s1. The largest absolute Gasteiger partial charge is 0.481 e. The summed E-state index contributed by atoms with van der Waals surface area (Å²) >= 11 is 0. The van der Waals surface area contributed by atoms with Crippen LogP contribution in [0.25, 0.3) is 0 Å². The summed E-state index contributed by atoms with van der Waals surface area (Å²) in [5.41, 5.74) is 4.91. The van der Waals surface area contributed by atoms with Gasteiger partial charge in [0.2, 0.25) is 11.8 Å². The van der Waals surface area contributed by atoms with Crippen molar-refractivity contribution >= 4 is 35.6 Å². The molecule has 1 saturated heterocycles. The van der Waals surface area contributed by atoms with E-state index >= 15 is 0 Å². The molecule has 5 amide bonds. The van der Waals surface area contributed by atoms with Gasteiger partial charge in [-0.15, -0.1) is 0 Å². The topological polar surface area (TPSA) is 195 Å². The number of amides is 5. The number of carbonyl (C=O) groups excluding carboxylic acids is 4. The van der Waals surface area contributed by atoms with Crippen LogP contribution in [0.5, 0.6) is 0 Å². The van der Waals surface area contributed by atoms with Crippen LogP contribution in [0.2, 0.25) is 0 Å². The molecule has 5 fully saturated rings. The third-order valence-corrected chi connectivity index (χ3v) is 8.92. The maximum absolute atomic E-state index is 13.2. The van der Waals surface area contributed by atoms with Crippen molar-refractivity contribution in [2.45, 2.75) is 63.1 Å². The third kappa shape index (κ3) is 5.07. The van der Waals surface area contributed by atoms with Gasteiger partial charge >= 0.3 is 12.0 Å². The highest BCUT2D eigenvalue weighted by atomic mass is 16.4. The van der Waals surface area contributed by atoms with Crippen molar-refractivity contribution in [3.63, 3.8) is 0 Å². The lowest BCUT2D eigenvalue weighted by Gasteiger charge is -2.54. The summed E-state index contributed by atoms with van der Waals surface area (Å²) < 4.78 is 0. The minimum Gasteiger partial charge on any atom is -0.481 e. The van der Waals surface area contributed by atoms with Gasteiger partial charge < -0.3 is 26.8 Å². The first-order valence-corrected chi connectivity index (χ1v) is 13.3. The quantitative estimate of drug-likeness (QED) is 0.151. The predicted molar refractivity (Wildman–Crippen MR) is 138 cm³/mol. The van der Waals surface area contributed by atoms with Gasteiger partial charge in [-0.05, 0) is 68.3 Å². The molecule has 2 atom stereocenters. The van der Waals surface area contributed by atoms with Gasteiger partial charge in [0, 0.05) is 11.6 Å². The molecule has 4 aliphatic carbocycles. The molecule has 39 heavy (non-hydrogen) atoms. The van der Waals surface area contributed by atoms with Crippen LogP contribution in [0.15, 0.2) is 24.3 Å². The van der Waals surface area contributed by atoms with E-state index in [2.05, 4.69) is 16.0 Å². The van der Waals surface area contributed by atoms with Crippen LogP contribution in [0.1, 0.15) is 56.6 Å². The number of hydrogen-bond donors (Lipinski definition) is 6. The van der Waals surface area contributed by atoms with Gasteiger partial charge in [-0.3, -0.25) is 29.5 Å². The molecule has 0 spiro atoms. The molecule has 0 radical (unpaired) electrons. The molecule has 0 aromatic heterocycles. The number of nitrogen functional groups attached to an aromatic ring is 1. The highest BCUT2D eigenvalue weighted by Gasteiger charge is 2.51. The van der Waals surface area contributed by atoms with E-state index in [-0.39, 0.29) is 11.9 Å². The second-order valence-corrected chi connectivity index (χ2v) is 11.6. The molecular formula is C27H34N6O6. The molecule has 1 aliphatic heterocycles. The zero-order chi connectivity index (χ0) is 28.1. The van der Waals surface area contributed by atoms with Gasteiger partial charge in [0.05, 0.1) is 6.42 Å². The van der Waals surface area contributed by atoms with Crippen LogP contribution < -0.4 is 21.7 Å². The SMILES string of the molecule is CC1(c2ccc(C(=N)N)cc2)NC(=O)N(CC(=O)N[C@@H](CC(=O)O)C(=O)NC2C3CC4CC(C3)CC2C4)C1=O. The lowest BCUT2D eigenvalue weighted by molar-refractivity contribution is -0.142. The zero-order valence-electron chi connectivity index (χ0n) is 21.7. The third-order valence-electron chi connectivity index (χ3n) is 8.92. The minimum absolute atomic E-state index is 0.0282. The number of nitrogens with zero attached hydrogens (tertiary/aromatic N) is 1. The second kappa shape index (κ2) is 9.97. The molecule has 1 unspecified atom stereocenters. The molecule has 1 aromatic rings. The Bertz CT molecular complexity index is 1200. The van der Waals surface area contributed by atoms with Gasteiger partial charge in [0.15, 0.2) is 0 Å². The van der Waals surface area contributed by atoms with E-state index in [1.54, 1.807) is 24.3 Å². The van der Waals surface area contributed by atoms with E-state index in [4.69, 9.17) is 11.1 Å². The van der Waals surface area contributed by atoms with E-state index in [0.29, 0.717) is 34.8 Å². The number of rotatable bonds is 9. The summed E-state index contributed by atoms with van der Waals surface area (Å²) in [6.07, 6.45) is 4.90. The number of amidine groups is 1. The number of carboxylic acids is 1. The van der Waals surface area contributed by atoms with Crippen LogP contribution in [-0.4, -0.2) is 64.2 Å². The van der Waals surface area contributed by atoms with Crippen molar-refractivity contribution in [1.82, 2.24) is 20.9 Å². The average molecular weight is 539 g/mol. The lowest BCUT2D eigenvalue weighted by Crippen LogP contribution is -2.59. The van der Waals surface area contributed by atoms with Crippen molar-refractivity contribution in [1.29, 1.82) is 5.41 Å². The number of benzene rings is 1. The van der Waals surface area contributed by atoms with Crippen molar-refractivity contribution in [2.75, 3.05) is 6.54 Å². The van der Waals surface area contributed by atoms with Crippen LogP contribution in [0.4, 0.5) is 4.79 Å². The van der Waals surface area contributed by atoms with Crippen molar-refractivity contribution < 1.29 is 29.1 Å². The Labute approximate surface area is 225 Å². The molecule has 12 nitrogen and oxygen atoms in total. The van der Waals surface area contributed by atoms with Crippen molar-refractivity contribution in [2.24, 2.45) is 29.4 Å². The van der Waals surface area contributed by atoms with Gasteiger partial charge in [-0.2, -0.15) is 0 Å². The maximum Gasteiger partial charge on any atom is 0.325 e. The fourth-order valence-electron chi connectivity index (χ4n) is 7.21. The molecular weight excluding hydrogens is 504 g/mol. The molecule has 208 valence electrons. The smallest absolute Gasteiger partial charge is 0.325 e. The fraction of sp³-hybridized carbons (Fsp3) is 0.556. The Morgan fingerprint density at radius 2 is 1.69 bits per heavy atom. The van der Waals surface area contributed by atoms with E-state index < -0.39 is 54.3 Å². The molecule has 1 aromatic carbocycles. The monoisotopic (exact) mass is 538 g/mol. The average Bonchev–Trinajstić information content (AvgIpc) is 3.08. The van der Waals surface area contributed by atoms with Crippen molar-refractivity contribution in [3.05, 3.63) is 35.4 Å². The number of carbonyl (C=O) groups is 5. The first kappa shape index (κ1) is 26.6. The lowest BCUT2D eigenvalue weighted by atomic mass is 9.54. The molecule has 5 aliphatic rings. The van der Waals surface area contributed by atoms with Crippen LogP contribution in [0, 0.1) is 29.1 Å². The minimum atomic E-state index is -1.45. The summed E-state index contributed by atoms with van der Waals surface area (Å²) in [6.45, 7) is 0.826. The number of nitrogens with two attached hydrogens (primary N) is 1. The van der Waals surface area contributed by atoms with Crippen LogP contribution in [0.3, 0.4) is 0 Å². The summed E-state index contributed by atoms with van der Waals surface area (Å²) in [5.74, 6) is -1.29. The number of aliphatic carboxylic acids is 1. The molecule has 7 N–H and O–H groups in total. The number of carboxylic acid groups (broad SMARTS) is 1. The van der Waals surface area contributed by atoms with E-state index in [1.807, 2.05) is 0 Å². The van der Waals surface area contributed by atoms with Gasteiger partial charge in [0.1, 0.15) is 24.0 Å². The summed E-state index contributed by atoms with van der Waals surface area (Å²) in [4.78, 5) is 64.2. The van der Waals surface area contributed by atoms with E-state index in [9.17, 15) is 29.1 Å². The Kier molecular flexibility index (Phi) is 6.81. The summed E-state index contributed by atoms with van der Waals surface area (Å²) in [5, 5.41) is 25.0. The van der Waals surface area contributed by atoms with E-state index in [1.165, 1.54) is 13.3 Å². The maximum atomic E-state index is 13.2. The molecule has 4 saturated carbocycles.